The average Bonchev–Trinajstić information content (AvgIpc) is 2.76. The van der Waals surface area contributed by atoms with Crippen molar-refractivity contribution in [2.24, 2.45) is 0 Å². The highest BCUT2D eigenvalue weighted by Crippen LogP contribution is 2.14. The van der Waals surface area contributed by atoms with Crippen molar-refractivity contribution in [3.05, 3.63) is 5.82 Å². The van der Waals surface area contributed by atoms with Crippen molar-refractivity contribution in [1.29, 1.82) is 0 Å². The Morgan fingerprint density at radius 2 is 2.22 bits per heavy atom. The van der Waals surface area contributed by atoms with Gasteiger partial charge in [0, 0.05) is 12.1 Å². The molecule has 0 aliphatic carbocycles. The van der Waals surface area contributed by atoms with Gasteiger partial charge in [0.1, 0.15) is 0 Å². The predicted octanol–water partition coefficient (Wildman–Crippen LogP) is 1.16. The molecule has 6 nitrogen and oxygen atoms in total. The van der Waals surface area contributed by atoms with Crippen molar-refractivity contribution in [2.75, 3.05) is 6.54 Å². The topological polar surface area (TPSA) is 78.5 Å². The number of hydrogen-bond donors (Lipinski definition) is 3. The SMILES string of the molecule is CC(CC1CCCCCN1)NC(C)c1nn[nH]n1. The third kappa shape index (κ3) is 4.03. The van der Waals surface area contributed by atoms with Gasteiger partial charge in [0.15, 0.2) is 5.82 Å². The molecule has 18 heavy (non-hydrogen) atoms. The molecule has 3 N–H and O–H groups in total. The van der Waals surface area contributed by atoms with Gasteiger partial charge in [0.25, 0.3) is 0 Å². The van der Waals surface area contributed by atoms with Gasteiger partial charge in [-0.3, -0.25) is 0 Å². The van der Waals surface area contributed by atoms with Crippen molar-refractivity contribution in [2.45, 2.75) is 64.1 Å². The van der Waals surface area contributed by atoms with E-state index in [0.29, 0.717) is 12.1 Å². The minimum atomic E-state index is 0.143. The molecule has 0 amide bonds. The fraction of sp³-hybridized carbons (Fsp3) is 0.917. The molecule has 1 aliphatic heterocycles. The molecule has 0 spiro atoms. The van der Waals surface area contributed by atoms with E-state index in [1.165, 1.54) is 25.7 Å². The quantitative estimate of drug-likeness (QED) is 0.733. The Bertz CT molecular complexity index is 317. The number of nitrogens with one attached hydrogen (secondary N) is 3. The molecule has 102 valence electrons. The summed E-state index contributed by atoms with van der Waals surface area (Å²) in [6.45, 7) is 5.46. The van der Waals surface area contributed by atoms with Crippen molar-refractivity contribution >= 4 is 0 Å². The molecule has 0 saturated carbocycles. The molecule has 0 bridgehead atoms. The largest absolute Gasteiger partial charge is 0.314 e. The molecule has 2 heterocycles. The Kier molecular flexibility index (Phi) is 5.07. The maximum Gasteiger partial charge on any atom is 0.191 e. The van der Waals surface area contributed by atoms with E-state index in [4.69, 9.17) is 0 Å². The highest BCUT2D eigenvalue weighted by Gasteiger charge is 2.18. The summed E-state index contributed by atoms with van der Waals surface area (Å²) in [6.07, 6.45) is 6.48. The van der Waals surface area contributed by atoms with Gasteiger partial charge in [-0.25, -0.2) is 0 Å². The Morgan fingerprint density at radius 1 is 1.33 bits per heavy atom. The van der Waals surface area contributed by atoms with E-state index >= 15 is 0 Å². The lowest BCUT2D eigenvalue weighted by molar-refractivity contribution is 0.375. The van der Waals surface area contributed by atoms with Crippen LogP contribution < -0.4 is 10.6 Å². The number of aromatic amines is 1. The monoisotopic (exact) mass is 252 g/mol. The predicted molar refractivity (Wildman–Crippen MR) is 70.1 cm³/mol. The number of hydrogen-bond acceptors (Lipinski definition) is 5. The zero-order valence-electron chi connectivity index (χ0n) is 11.3. The molecule has 1 aromatic rings. The second-order valence-electron chi connectivity index (χ2n) is 5.30. The summed E-state index contributed by atoms with van der Waals surface area (Å²) >= 11 is 0. The first-order valence-corrected chi connectivity index (χ1v) is 6.98. The molecule has 3 unspecified atom stereocenters. The normalized spacial score (nSPS) is 24.4. The Morgan fingerprint density at radius 3 is 3.00 bits per heavy atom. The molecule has 1 fully saturated rings. The van der Waals surface area contributed by atoms with Gasteiger partial charge in [-0.15, -0.1) is 10.2 Å². The van der Waals surface area contributed by atoms with Gasteiger partial charge in [-0.1, -0.05) is 18.1 Å². The minimum absolute atomic E-state index is 0.143. The minimum Gasteiger partial charge on any atom is -0.314 e. The van der Waals surface area contributed by atoms with E-state index in [1.54, 1.807) is 0 Å². The molecule has 1 aliphatic rings. The summed E-state index contributed by atoms with van der Waals surface area (Å²) < 4.78 is 0. The third-order valence-electron chi connectivity index (χ3n) is 3.58. The lowest BCUT2D eigenvalue weighted by Gasteiger charge is -2.23. The maximum absolute atomic E-state index is 4.01. The third-order valence-corrected chi connectivity index (χ3v) is 3.58. The van der Waals surface area contributed by atoms with Crippen molar-refractivity contribution in [3.8, 4) is 0 Å². The fourth-order valence-electron chi connectivity index (χ4n) is 2.65. The average molecular weight is 252 g/mol. The first-order valence-electron chi connectivity index (χ1n) is 6.98. The van der Waals surface area contributed by atoms with Crippen LogP contribution in [0, 0.1) is 0 Å². The lowest BCUT2D eigenvalue weighted by atomic mass is 10.0. The summed E-state index contributed by atoms with van der Waals surface area (Å²) in [6, 6.07) is 1.24. The van der Waals surface area contributed by atoms with Crippen LogP contribution in [-0.4, -0.2) is 39.3 Å². The van der Waals surface area contributed by atoms with E-state index < -0.39 is 0 Å². The molecule has 3 atom stereocenters. The van der Waals surface area contributed by atoms with Crippen molar-refractivity contribution < 1.29 is 0 Å². The fourth-order valence-corrected chi connectivity index (χ4v) is 2.65. The highest BCUT2D eigenvalue weighted by molar-refractivity contribution is 4.88. The van der Waals surface area contributed by atoms with Gasteiger partial charge in [-0.05, 0) is 39.7 Å². The van der Waals surface area contributed by atoms with Gasteiger partial charge in [0.05, 0.1) is 6.04 Å². The second-order valence-corrected chi connectivity index (χ2v) is 5.30. The van der Waals surface area contributed by atoms with Crippen LogP contribution in [0.15, 0.2) is 0 Å². The highest BCUT2D eigenvalue weighted by atomic mass is 15.5. The van der Waals surface area contributed by atoms with Crippen LogP contribution in [0.5, 0.6) is 0 Å². The van der Waals surface area contributed by atoms with E-state index in [1.807, 2.05) is 0 Å². The van der Waals surface area contributed by atoms with Crippen LogP contribution >= 0.6 is 0 Å². The van der Waals surface area contributed by atoms with Crippen LogP contribution in [-0.2, 0) is 0 Å². The van der Waals surface area contributed by atoms with Crippen molar-refractivity contribution in [1.82, 2.24) is 31.3 Å². The second kappa shape index (κ2) is 6.80. The van der Waals surface area contributed by atoms with Crippen LogP contribution in [0.4, 0.5) is 0 Å². The molecule has 1 aromatic heterocycles. The summed E-state index contributed by atoms with van der Waals surface area (Å²) in [7, 11) is 0. The molecule has 2 rings (SSSR count). The summed E-state index contributed by atoms with van der Waals surface area (Å²) in [5.41, 5.74) is 0. The molecule has 6 heteroatoms. The Balaban J connectivity index is 1.75. The first kappa shape index (κ1) is 13.4. The standard InChI is InChI=1S/C12H24N6/c1-9(8-11-6-4-3-5-7-13-11)14-10(2)12-15-17-18-16-12/h9-11,13-14H,3-8H2,1-2H3,(H,15,16,17,18). The van der Waals surface area contributed by atoms with Crippen LogP contribution in [0.25, 0.3) is 0 Å². The number of nitrogens with zero attached hydrogens (tertiary/aromatic N) is 3. The Labute approximate surface area is 108 Å². The van der Waals surface area contributed by atoms with E-state index in [-0.39, 0.29) is 6.04 Å². The zero-order valence-corrected chi connectivity index (χ0v) is 11.3. The summed E-state index contributed by atoms with van der Waals surface area (Å²) in [5.74, 6) is 0.732. The summed E-state index contributed by atoms with van der Waals surface area (Å²) in [4.78, 5) is 0. The maximum atomic E-state index is 4.01. The molecule has 1 saturated heterocycles. The van der Waals surface area contributed by atoms with E-state index in [9.17, 15) is 0 Å². The van der Waals surface area contributed by atoms with Crippen LogP contribution in [0.1, 0.15) is 57.8 Å². The number of tetrazole rings is 1. The van der Waals surface area contributed by atoms with Gasteiger partial charge >= 0.3 is 0 Å². The number of rotatable bonds is 5. The van der Waals surface area contributed by atoms with Gasteiger partial charge in [-0.2, -0.15) is 5.21 Å². The number of aromatic nitrogens is 4. The molecular weight excluding hydrogens is 228 g/mol. The molecular formula is C12H24N6. The number of H-pyrrole nitrogens is 1. The summed E-state index contributed by atoms with van der Waals surface area (Å²) in [5, 5.41) is 21.2. The van der Waals surface area contributed by atoms with Crippen LogP contribution in [0.2, 0.25) is 0 Å². The van der Waals surface area contributed by atoms with Crippen molar-refractivity contribution in [3.63, 3.8) is 0 Å². The first-order chi connectivity index (χ1) is 8.75. The van der Waals surface area contributed by atoms with Crippen LogP contribution in [0.3, 0.4) is 0 Å². The van der Waals surface area contributed by atoms with Gasteiger partial charge in [0.2, 0.25) is 0 Å². The molecule has 0 aromatic carbocycles. The van der Waals surface area contributed by atoms with E-state index in [0.717, 1.165) is 18.8 Å². The van der Waals surface area contributed by atoms with Gasteiger partial charge < -0.3 is 10.6 Å². The smallest absolute Gasteiger partial charge is 0.191 e. The Hall–Kier alpha value is -1.01. The zero-order chi connectivity index (χ0) is 12.8. The lowest BCUT2D eigenvalue weighted by Crippen LogP contribution is -2.38. The van der Waals surface area contributed by atoms with E-state index in [2.05, 4.69) is 45.1 Å². The molecule has 0 radical (unpaired) electrons.